The number of hydrogen-bond donors (Lipinski definition) is 1. The molecule has 3 heterocycles. The number of nitrogens with one attached hydrogen (secondary N) is 1. The Labute approximate surface area is 163 Å². The van der Waals surface area contributed by atoms with E-state index in [1.54, 1.807) is 36.8 Å². The monoisotopic (exact) mass is 394 g/mol. The summed E-state index contributed by atoms with van der Waals surface area (Å²) in [5.74, 6) is -0.275. The topological polar surface area (TPSA) is 132 Å². The van der Waals surface area contributed by atoms with E-state index in [4.69, 9.17) is 4.74 Å². The molecule has 0 saturated carbocycles. The first-order valence-corrected chi connectivity index (χ1v) is 8.49. The normalized spacial score (nSPS) is 12.8. The van der Waals surface area contributed by atoms with Crippen molar-refractivity contribution >= 4 is 28.9 Å². The van der Waals surface area contributed by atoms with Crippen LogP contribution in [0.2, 0.25) is 0 Å². The molecule has 0 unspecified atom stereocenters. The van der Waals surface area contributed by atoms with E-state index >= 15 is 0 Å². The van der Waals surface area contributed by atoms with Crippen molar-refractivity contribution in [1.29, 1.82) is 0 Å². The highest BCUT2D eigenvalue weighted by Crippen LogP contribution is 2.35. The fourth-order valence-corrected chi connectivity index (χ4v) is 2.88. The lowest BCUT2D eigenvalue weighted by atomic mass is 10.2. The highest BCUT2D eigenvalue weighted by Gasteiger charge is 2.29. The molecule has 0 radical (unpaired) electrons. The van der Waals surface area contributed by atoms with Gasteiger partial charge in [-0.25, -0.2) is 9.67 Å². The Balaban J connectivity index is 1.58. The maximum absolute atomic E-state index is 12.6. The predicted octanol–water partition coefficient (Wildman–Crippen LogP) is 1.54. The number of anilines is 2. The van der Waals surface area contributed by atoms with Crippen molar-refractivity contribution in [2.24, 2.45) is 0 Å². The molecule has 1 aliphatic heterocycles. The van der Waals surface area contributed by atoms with Crippen molar-refractivity contribution in [2.45, 2.75) is 0 Å². The highest BCUT2D eigenvalue weighted by molar-refractivity contribution is 6.05. The van der Waals surface area contributed by atoms with Gasteiger partial charge in [0.2, 0.25) is 5.91 Å². The molecule has 0 fully saturated rings. The number of carbonyl (C=O) groups excluding carboxylic acids is 2. The van der Waals surface area contributed by atoms with E-state index in [0.29, 0.717) is 17.3 Å². The van der Waals surface area contributed by atoms with E-state index in [-0.39, 0.29) is 24.5 Å². The number of non-ortho nitro benzene ring substituents is 1. The summed E-state index contributed by atoms with van der Waals surface area (Å²) in [6.07, 6.45) is 4.82. The van der Waals surface area contributed by atoms with Crippen LogP contribution in [0, 0.1) is 10.1 Å². The van der Waals surface area contributed by atoms with Gasteiger partial charge in [-0.1, -0.05) is 0 Å². The predicted molar refractivity (Wildman–Crippen MR) is 101 cm³/mol. The number of amides is 2. The zero-order chi connectivity index (χ0) is 20.4. The summed E-state index contributed by atoms with van der Waals surface area (Å²) >= 11 is 0. The lowest BCUT2D eigenvalue weighted by Gasteiger charge is -2.28. The van der Waals surface area contributed by atoms with Crippen LogP contribution in [-0.2, 0) is 9.59 Å². The Kier molecular flexibility index (Phi) is 4.61. The summed E-state index contributed by atoms with van der Waals surface area (Å²) < 4.78 is 6.80. The van der Waals surface area contributed by atoms with Crippen molar-refractivity contribution in [2.75, 3.05) is 23.4 Å². The summed E-state index contributed by atoms with van der Waals surface area (Å²) in [6, 6.07) is 8.92. The molecule has 29 heavy (non-hydrogen) atoms. The molecule has 11 heteroatoms. The van der Waals surface area contributed by atoms with Gasteiger partial charge in [0.15, 0.2) is 12.4 Å². The van der Waals surface area contributed by atoms with Gasteiger partial charge < -0.3 is 10.1 Å². The van der Waals surface area contributed by atoms with Crippen molar-refractivity contribution in [3.8, 4) is 11.6 Å². The Morgan fingerprint density at radius 3 is 2.90 bits per heavy atom. The zero-order valence-electron chi connectivity index (χ0n) is 14.9. The first kappa shape index (κ1) is 18.1. The third kappa shape index (κ3) is 3.60. The zero-order valence-corrected chi connectivity index (χ0v) is 14.9. The van der Waals surface area contributed by atoms with Crippen LogP contribution in [0.4, 0.5) is 17.1 Å². The molecule has 146 valence electrons. The fourth-order valence-electron chi connectivity index (χ4n) is 2.88. The molecule has 11 nitrogen and oxygen atoms in total. The van der Waals surface area contributed by atoms with Gasteiger partial charge in [0, 0.05) is 30.7 Å². The Hall–Kier alpha value is -4.28. The van der Waals surface area contributed by atoms with Gasteiger partial charge in [-0.3, -0.25) is 24.6 Å². The Morgan fingerprint density at radius 1 is 1.28 bits per heavy atom. The van der Waals surface area contributed by atoms with Crippen LogP contribution >= 0.6 is 0 Å². The second kappa shape index (κ2) is 7.38. The maximum atomic E-state index is 12.6. The molecule has 0 saturated heterocycles. The number of fused-ring (bicyclic) bond motifs is 1. The van der Waals surface area contributed by atoms with Crippen LogP contribution in [-0.4, -0.2) is 44.7 Å². The third-order valence-corrected chi connectivity index (χ3v) is 4.18. The van der Waals surface area contributed by atoms with Gasteiger partial charge in [-0.05, 0) is 24.3 Å². The number of nitrogens with zero attached hydrogens (tertiary/aromatic N) is 5. The molecule has 1 aliphatic rings. The van der Waals surface area contributed by atoms with E-state index < -0.39 is 16.7 Å². The molecule has 1 N–H and O–H groups in total. The van der Waals surface area contributed by atoms with E-state index in [0.717, 1.165) is 4.90 Å². The van der Waals surface area contributed by atoms with Gasteiger partial charge in [-0.2, -0.15) is 5.10 Å². The number of carbonyl (C=O) groups is 2. The summed E-state index contributed by atoms with van der Waals surface area (Å²) in [5.41, 5.74) is 0.367. The molecule has 0 spiro atoms. The first-order chi connectivity index (χ1) is 14.0. The standard InChI is InChI=1S/C18H14N6O5/c25-16(21-13-3-1-6-19-18(13)23-8-2-7-20-23)10-22-14-9-12(24(27)28)4-5-15(14)29-11-17(22)26/h1-9H,10-11H2,(H,21,25). The molecule has 2 aromatic heterocycles. The third-order valence-electron chi connectivity index (χ3n) is 4.18. The summed E-state index contributed by atoms with van der Waals surface area (Å²) in [4.78, 5) is 40.8. The fraction of sp³-hybridized carbons (Fsp3) is 0.111. The second-order valence-corrected chi connectivity index (χ2v) is 6.05. The number of ether oxygens (including phenoxy) is 1. The van der Waals surface area contributed by atoms with Gasteiger partial charge >= 0.3 is 0 Å². The molecular weight excluding hydrogens is 380 g/mol. The van der Waals surface area contributed by atoms with Crippen LogP contribution in [0.5, 0.6) is 5.75 Å². The molecule has 1 aromatic carbocycles. The quantitative estimate of drug-likeness (QED) is 0.513. The minimum absolute atomic E-state index is 0.170. The number of rotatable bonds is 5. The lowest BCUT2D eigenvalue weighted by molar-refractivity contribution is -0.384. The Bertz CT molecular complexity index is 1100. The van der Waals surface area contributed by atoms with Crippen molar-refractivity contribution < 1.29 is 19.2 Å². The summed E-state index contributed by atoms with van der Waals surface area (Å²) in [6.45, 7) is -0.604. The van der Waals surface area contributed by atoms with Crippen LogP contribution in [0.15, 0.2) is 55.0 Å². The SMILES string of the molecule is O=C(CN1C(=O)COc2ccc([N+](=O)[O-])cc21)Nc1cccnc1-n1cccn1. The molecule has 0 atom stereocenters. The molecule has 2 amide bonds. The summed E-state index contributed by atoms with van der Waals surface area (Å²) in [5, 5.41) is 17.9. The van der Waals surface area contributed by atoms with Crippen molar-refractivity contribution in [3.63, 3.8) is 0 Å². The second-order valence-electron chi connectivity index (χ2n) is 6.05. The number of nitro benzene ring substituents is 1. The number of nitro groups is 1. The first-order valence-electron chi connectivity index (χ1n) is 8.49. The van der Waals surface area contributed by atoms with Crippen LogP contribution in [0.1, 0.15) is 0 Å². The van der Waals surface area contributed by atoms with Crippen molar-refractivity contribution in [3.05, 3.63) is 65.1 Å². The van der Waals surface area contributed by atoms with E-state index in [2.05, 4.69) is 15.4 Å². The maximum Gasteiger partial charge on any atom is 0.271 e. The number of pyridine rings is 1. The number of hydrogen-bond acceptors (Lipinski definition) is 7. The number of benzene rings is 1. The molecule has 3 aromatic rings. The smallest absolute Gasteiger partial charge is 0.271 e. The van der Waals surface area contributed by atoms with E-state index in [1.165, 1.54) is 22.9 Å². The van der Waals surface area contributed by atoms with Gasteiger partial charge in [-0.15, -0.1) is 0 Å². The van der Waals surface area contributed by atoms with Gasteiger partial charge in [0.05, 0.1) is 16.3 Å². The molecule has 0 aliphatic carbocycles. The average molecular weight is 394 g/mol. The van der Waals surface area contributed by atoms with Crippen LogP contribution < -0.4 is 15.0 Å². The van der Waals surface area contributed by atoms with Crippen LogP contribution in [0.25, 0.3) is 5.82 Å². The summed E-state index contributed by atoms with van der Waals surface area (Å²) in [7, 11) is 0. The van der Waals surface area contributed by atoms with E-state index in [1.807, 2.05) is 0 Å². The number of aromatic nitrogens is 3. The minimum Gasteiger partial charge on any atom is -0.482 e. The van der Waals surface area contributed by atoms with Crippen LogP contribution in [0.3, 0.4) is 0 Å². The Morgan fingerprint density at radius 2 is 2.14 bits per heavy atom. The molecule has 0 bridgehead atoms. The molecule has 4 rings (SSSR count). The largest absolute Gasteiger partial charge is 0.482 e. The lowest BCUT2D eigenvalue weighted by Crippen LogP contribution is -2.43. The molecular formula is C18H14N6O5. The van der Waals surface area contributed by atoms with Gasteiger partial charge in [0.25, 0.3) is 11.6 Å². The highest BCUT2D eigenvalue weighted by atomic mass is 16.6. The minimum atomic E-state index is -0.580. The average Bonchev–Trinajstić information content (AvgIpc) is 3.25. The van der Waals surface area contributed by atoms with E-state index in [9.17, 15) is 19.7 Å². The van der Waals surface area contributed by atoms with Gasteiger partial charge in [0.1, 0.15) is 12.3 Å². The van der Waals surface area contributed by atoms with Crippen molar-refractivity contribution in [1.82, 2.24) is 14.8 Å².